The fourth-order valence-corrected chi connectivity index (χ4v) is 3.89. The second-order valence-corrected chi connectivity index (χ2v) is 7.42. The highest BCUT2D eigenvalue weighted by molar-refractivity contribution is 5.95. The summed E-state index contributed by atoms with van der Waals surface area (Å²) in [5.74, 6) is -0.172. The summed E-state index contributed by atoms with van der Waals surface area (Å²) < 4.78 is 51.9. The monoisotopic (exact) mass is 431 g/mol. The number of rotatable bonds is 6. The van der Waals surface area contributed by atoms with Crippen molar-refractivity contribution in [2.75, 3.05) is 43.6 Å². The van der Waals surface area contributed by atoms with Gasteiger partial charge in [-0.2, -0.15) is 0 Å². The van der Waals surface area contributed by atoms with Crippen molar-refractivity contribution in [2.24, 2.45) is 0 Å². The van der Waals surface area contributed by atoms with Gasteiger partial charge in [-0.1, -0.05) is 18.2 Å². The molecule has 2 aromatic carbocycles. The lowest BCUT2D eigenvalue weighted by Crippen LogP contribution is -2.36. The average molecular weight is 431 g/mol. The van der Waals surface area contributed by atoms with Crippen molar-refractivity contribution in [1.29, 1.82) is 0 Å². The predicted octanol–water partition coefficient (Wildman–Crippen LogP) is 5.33. The highest BCUT2D eigenvalue weighted by Crippen LogP contribution is 2.37. The summed E-state index contributed by atoms with van der Waals surface area (Å²) in [5, 5.41) is 4.10. The van der Waals surface area contributed by atoms with E-state index in [9.17, 15) is 13.2 Å². The van der Waals surface area contributed by atoms with Gasteiger partial charge in [-0.05, 0) is 19.1 Å². The topological polar surface area (TPSA) is 46.6 Å². The van der Waals surface area contributed by atoms with Crippen molar-refractivity contribution in [3.8, 4) is 5.75 Å². The first-order chi connectivity index (χ1) is 15.0. The van der Waals surface area contributed by atoms with E-state index in [1.165, 1.54) is 12.1 Å². The molecule has 31 heavy (non-hydrogen) atoms. The largest absolute Gasteiger partial charge is 0.495 e. The van der Waals surface area contributed by atoms with Gasteiger partial charge in [0.2, 0.25) is 0 Å². The van der Waals surface area contributed by atoms with E-state index in [0.29, 0.717) is 24.5 Å². The van der Waals surface area contributed by atoms with Gasteiger partial charge >= 0.3 is 0 Å². The van der Waals surface area contributed by atoms with E-state index in [-0.39, 0.29) is 5.56 Å². The Hall–Kier alpha value is -3.00. The van der Waals surface area contributed by atoms with Gasteiger partial charge in [-0.25, -0.2) is 13.2 Å². The molecule has 5 nitrogen and oxygen atoms in total. The Labute approximate surface area is 178 Å². The molecule has 2 heterocycles. The van der Waals surface area contributed by atoms with E-state index in [4.69, 9.17) is 9.47 Å². The van der Waals surface area contributed by atoms with E-state index in [0.717, 1.165) is 35.9 Å². The molecule has 0 radical (unpaired) electrons. The molecule has 1 aliphatic heterocycles. The number of anilines is 2. The van der Waals surface area contributed by atoms with Crippen molar-refractivity contribution < 1.29 is 22.6 Å². The standard InChI is InChI=1S/C23H24F3N3O2/c1-14(15-4-3-5-16(22(15)24)23(25)26)28-18-6-7-27-19-13-21(30-2)20(12-17(18)19)29-8-10-31-11-9-29/h3-7,12-14,23H,8-11H2,1-2H3,(H,27,28). The summed E-state index contributed by atoms with van der Waals surface area (Å²) >= 11 is 0. The number of alkyl halides is 2. The van der Waals surface area contributed by atoms with Crippen molar-refractivity contribution in [1.82, 2.24) is 4.98 Å². The first-order valence-corrected chi connectivity index (χ1v) is 10.1. The van der Waals surface area contributed by atoms with Gasteiger partial charge in [0.15, 0.2) is 0 Å². The van der Waals surface area contributed by atoms with Crippen molar-refractivity contribution in [2.45, 2.75) is 19.4 Å². The second kappa shape index (κ2) is 9.01. The molecule has 1 saturated heterocycles. The maximum atomic E-state index is 14.6. The number of pyridine rings is 1. The first-order valence-electron chi connectivity index (χ1n) is 10.1. The number of morpholine rings is 1. The predicted molar refractivity (Wildman–Crippen MR) is 115 cm³/mol. The number of hydrogen-bond donors (Lipinski definition) is 1. The van der Waals surface area contributed by atoms with E-state index in [2.05, 4.69) is 15.2 Å². The van der Waals surface area contributed by atoms with Crippen LogP contribution in [0.4, 0.5) is 24.5 Å². The summed E-state index contributed by atoms with van der Waals surface area (Å²) in [6, 6.07) is 9.20. The SMILES string of the molecule is COc1cc2nccc(NC(C)c3cccc(C(F)F)c3F)c2cc1N1CCOCC1. The van der Waals surface area contributed by atoms with Crippen molar-refractivity contribution >= 4 is 22.3 Å². The molecule has 0 aliphatic carbocycles. The molecule has 1 atom stereocenters. The molecule has 0 spiro atoms. The fraction of sp³-hybridized carbons (Fsp3) is 0.348. The third kappa shape index (κ3) is 4.25. The van der Waals surface area contributed by atoms with Crippen LogP contribution < -0.4 is 15.0 Å². The molecule has 164 valence electrons. The summed E-state index contributed by atoms with van der Waals surface area (Å²) in [5.41, 5.74) is 1.96. The van der Waals surface area contributed by atoms with E-state index in [1.54, 1.807) is 26.3 Å². The summed E-state index contributed by atoms with van der Waals surface area (Å²) in [7, 11) is 1.62. The van der Waals surface area contributed by atoms with Crippen LogP contribution in [0.1, 0.15) is 30.5 Å². The summed E-state index contributed by atoms with van der Waals surface area (Å²) in [4.78, 5) is 6.62. The van der Waals surface area contributed by atoms with Crippen LogP contribution in [-0.2, 0) is 4.74 Å². The number of hydrogen-bond acceptors (Lipinski definition) is 5. The van der Waals surface area contributed by atoms with Crippen LogP contribution in [-0.4, -0.2) is 38.4 Å². The number of nitrogens with zero attached hydrogens (tertiary/aromatic N) is 2. The third-order valence-electron chi connectivity index (χ3n) is 5.53. The highest BCUT2D eigenvalue weighted by Gasteiger charge is 2.21. The molecule has 1 aliphatic rings. The van der Waals surface area contributed by atoms with Gasteiger partial charge in [0.25, 0.3) is 6.43 Å². The van der Waals surface area contributed by atoms with Gasteiger partial charge in [0.1, 0.15) is 11.6 Å². The summed E-state index contributed by atoms with van der Waals surface area (Å²) in [6.07, 6.45) is -1.21. The molecule has 1 N–H and O–H groups in total. The van der Waals surface area contributed by atoms with Crippen molar-refractivity contribution in [3.63, 3.8) is 0 Å². The van der Waals surface area contributed by atoms with Gasteiger partial charge in [0, 0.05) is 42.0 Å². The van der Waals surface area contributed by atoms with E-state index >= 15 is 0 Å². The van der Waals surface area contributed by atoms with Gasteiger partial charge in [0.05, 0.1) is 43.1 Å². The minimum Gasteiger partial charge on any atom is -0.495 e. The molecule has 0 bridgehead atoms. The molecular formula is C23H24F3N3O2. The fourth-order valence-electron chi connectivity index (χ4n) is 3.89. The Bertz CT molecular complexity index is 1070. The van der Waals surface area contributed by atoms with Gasteiger partial charge < -0.3 is 19.7 Å². The third-order valence-corrected chi connectivity index (χ3v) is 5.53. The number of benzene rings is 2. The average Bonchev–Trinajstić information content (AvgIpc) is 2.78. The molecular weight excluding hydrogens is 407 g/mol. The minimum atomic E-state index is -2.86. The zero-order valence-corrected chi connectivity index (χ0v) is 17.4. The Kier molecular flexibility index (Phi) is 6.18. The Morgan fingerprint density at radius 1 is 1.13 bits per heavy atom. The van der Waals surface area contributed by atoms with E-state index < -0.39 is 23.8 Å². The van der Waals surface area contributed by atoms with Gasteiger partial charge in [-0.15, -0.1) is 0 Å². The molecule has 1 fully saturated rings. The maximum Gasteiger partial charge on any atom is 0.266 e. The molecule has 1 unspecified atom stereocenters. The molecule has 1 aromatic heterocycles. The number of halogens is 3. The second-order valence-electron chi connectivity index (χ2n) is 7.42. The van der Waals surface area contributed by atoms with Crippen LogP contribution in [0.15, 0.2) is 42.6 Å². The number of fused-ring (bicyclic) bond motifs is 1. The molecule has 0 amide bonds. The molecule has 0 saturated carbocycles. The van der Waals surface area contributed by atoms with Crippen LogP contribution in [0.25, 0.3) is 10.9 Å². The van der Waals surface area contributed by atoms with Crippen LogP contribution in [0.5, 0.6) is 5.75 Å². The van der Waals surface area contributed by atoms with Crippen LogP contribution in [0, 0.1) is 5.82 Å². The highest BCUT2D eigenvalue weighted by atomic mass is 19.3. The quantitative estimate of drug-likeness (QED) is 0.572. The van der Waals surface area contributed by atoms with Gasteiger partial charge in [-0.3, -0.25) is 4.98 Å². The minimum absolute atomic E-state index is 0.185. The first kappa shape index (κ1) is 21.2. The lowest BCUT2D eigenvalue weighted by molar-refractivity contribution is 0.122. The number of aromatic nitrogens is 1. The number of nitrogens with one attached hydrogen (secondary N) is 1. The maximum absolute atomic E-state index is 14.6. The lowest BCUT2D eigenvalue weighted by Gasteiger charge is -2.30. The Morgan fingerprint density at radius 3 is 2.58 bits per heavy atom. The van der Waals surface area contributed by atoms with Crippen molar-refractivity contribution in [3.05, 3.63) is 59.5 Å². The lowest BCUT2D eigenvalue weighted by atomic mass is 10.0. The zero-order valence-electron chi connectivity index (χ0n) is 17.4. The van der Waals surface area contributed by atoms with Crippen LogP contribution in [0.2, 0.25) is 0 Å². The normalized spacial score (nSPS) is 15.4. The Morgan fingerprint density at radius 2 is 1.87 bits per heavy atom. The molecule has 3 aromatic rings. The zero-order chi connectivity index (χ0) is 22.0. The summed E-state index contributed by atoms with van der Waals surface area (Å²) in [6.45, 7) is 4.50. The smallest absolute Gasteiger partial charge is 0.266 e. The van der Waals surface area contributed by atoms with Crippen LogP contribution >= 0.6 is 0 Å². The van der Waals surface area contributed by atoms with E-state index in [1.807, 2.05) is 12.1 Å². The number of methoxy groups -OCH3 is 1. The Balaban J connectivity index is 1.72. The number of ether oxygens (including phenoxy) is 2. The molecule has 8 heteroatoms. The van der Waals surface area contributed by atoms with Crippen LogP contribution in [0.3, 0.4) is 0 Å². The molecule has 4 rings (SSSR count).